The number of anilines is 1. The van der Waals surface area contributed by atoms with Gasteiger partial charge in [0.05, 0.1) is 5.56 Å². The van der Waals surface area contributed by atoms with Crippen LogP contribution in [-0.4, -0.2) is 22.0 Å². The van der Waals surface area contributed by atoms with Crippen molar-refractivity contribution in [2.24, 2.45) is 0 Å². The van der Waals surface area contributed by atoms with Crippen molar-refractivity contribution < 1.29 is 19.1 Å². The van der Waals surface area contributed by atoms with Crippen LogP contribution in [0.2, 0.25) is 0 Å². The monoisotopic (exact) mass is 276 g/mol. The number of hydrogen-bond acceptors (Lipinski definition) is 3. The number of benzene rings is 1. The molecule has 20 heavy (non-hydrogen) atoms. The summed E-state index contributed by atoms with van der Waals surface area (Å²) in [6.07, 6.45) is 1.31. The Kier molecular flexibility index (Phi) is 3.60. The maximum absolute atomic E-state index is 13.4. The van der Waals surface area contributed by atoms with Gasteiger partial charge in [0, 0.05) is 23.5 Å². The summed E-state index contributed by atoms with van der Waals surface area (Å²) in [6.45, 7) is 0. The number of rotatable bonds is 3. The number of aromatic carboxylic acids is 1. The predicted octanol–water partition coefficient (Wildman–Crippen LogP) is 1.46. The zero-order valence-corrected chi connectivity index (χ0v) is 10.0. The first kappa shape index (κ1) is 13.5. The van der Waals surface area contributed by atoms with E-state index in [1.54, 1.807) is 0 Å². The minimum absolute atomic E-state index is 0.0952. The van der Waals surface area contributed by atoms with Crippen LogP contribution in [0.1, 0.15) is 20.7 Å². The fourth-order valence-electron chi connectivity index (χ4n) is 1.56. The molecule has 1 aromatic heterocycles. The lowest BCUT2D eigenvalue weighted by molar-refractivity contribution is 0.0692. The Morgan fingerprint density at radius 1 is 1.20 bits per heavy atom. The van der Waals surface area contributed by atoms with E-state index in [1.165, 1.54) is 18.3 Å². The van der Waals surface area contributed by atoms with Crippen molar-refractivity contribution >= 4 is 17.6 Å². The Hall–Kier alpha value is -2.96. The minimum atomic E-state index is -1.39. The number of carboxylic acid groups (broad SMARTS) is 1. The lowest BCUT2D eigenvalue weighted by Crippen LogP contribution is -2.16. The van der Waals surface area contributed by atoms with Gasteiger partial charge in [-0.2, -0.15) is 0 Å². The van der Waals surface area contributed by atoms with Crippen molar-refractivity contribution in [3.63, 3.8) is 0 Å². The Balaban J connectivity index is 2.22. The topological polar surface area (TPSA) is 99.3 Å². The molecule has 7 heteroatoms. The summed E-state index contributed by atoms with van der Waals surface area (Å²) in [5.41, 5.74) is -0.724. The number of aromatic nitrogens is 1. The van der Waals surface area contributed by atoms with Crippen LogP contribution in [-0.2, 0) is 0 Å². The van der Waals surface area contributed by atoms with Crippen LogP contribution in [0.25, 0.3) is 0 Å². The molecule has 1 aromatic carbocycles. The van der Waals surface area contributed by atoms with Gasteiger partial charge in [-0.3, -0.25) is 9.59 Å². The van der Waals surface area contributed by atoms with Crippen LogP contribution in [0, 0.1) is 5.82 Å². The average Bonchev–Trinajstić information content (AvgIpc) is 2.38. The average molecular weight is 276 g/mol. The second-order valence-corrected chi connectivity index (χ2v) is 3.90. The van der Waals surface area contributed by atoms with Crippen LogP contribution in [0.5, 0.6) is 0 Å². The number of carbonyl (C=O) groups excluding carboxylic acids is 1. The standard InChI is InChI=1S/C13H9FN2O4/c14-10-6-8(1-2-9(10)13(19)20)16-12(18)7-3-4-15-11(17)5-7/h1-6H,(H,15,17)(H,16,18)(H,19,20). The number of H-pyrrole nitrogens is 1. The van der Waals surface area contributed by atoms with Crippen molar-refractivity contribution in [3.8, 4) is 0 Å². The van der Waals surface area contributed by atoms with Crippen LogP contribution in [0.4, 0.5) is 10.1 Å². The molecule has 3 N–H and O–H groups in total. The Labute approximate surface area is 111 Å². The molecule has 2 aromatic rings. The van der Waals surface area contributed by atoms with E-state index in [0.717, 1.165) is 18.2 Å². The molecular weight excluding hydrogens is 267 g/mol. The molecule has 1 heterocycles. The lowest BCUT2D eigenvalue weighted by atomic mass is 10.2. The van der Waals surface area contributed by atoms with Crippen LogP contribution < -0.4 is 10.9 Å². The highest BCUT2D eigenvalue weighted by molar-refractivity contribution is 6.04. The van der Waals surface area contributed by atoms with E-state index in [2.05, 4.69) is 10.3 Å². The van der Waals surface area contributed by atoms with Gasteiger partial charge in [-0.05, 0) is 24.3 Å². The molecule has 0 saturated carbocycles. The van der Waals surface area contributed by atoms with Crippen LogP contribution in [0.15, 0.2) is 41.3 Å². The molecule has 0 unspecified atom stereocenters. The van der Waals surface area contributed by atoms with Crippen molar-refractivity contribution in [1.29, 1.82) is 0 Å². The fourth-order valence-corrected chi connectivity index (χ4v) is 1.56. The Morgan fingerprint density at radius 3 is 2.55 bits per heavy atom. The van der Waals surface area contributed by atoms with Crippen LogP contribution in [0.3, 0.4) is 0 Å². The fraction of sp³-hybridized carbons (Fsp3) is 0. The molecular formula is C13H9FN2O4. The highest BCUT2D eigenvalue weighted by Crippen LogP contribution is 2.15. The SMILES string of the molecule is O=C(Nc1ccc(C(=O)O)c(F)c1)c1cc[nH]c(=O)c1. The van der Waals surface area contributed by atoms with E-state index < -0.39 is 28.8 Å². The molecule has 0 aliphatic carbocycles. The van der Waals surface area contributed by atoms with E-state index in [1.807, 2.05) is 0 Å². The number of hydrogen-bond donors (Lipinski definition) is 3. The minimum Gasteiger partial charge on any atom is -0.478 e. The third kappa shape index (κ3) is 2.89. The smallest absolute Gasteiger partial charge is 0.338 e. The predicted molar refractivity (Wildman–Crippen MR) is 68.4 cm³/mol. The zero-order valence-electron chi connectivity index (χ0n) is 10.0. The zero-order chi connectivity index (χ0) is 14.7. The second-order valence-electron chi connectivity index (χ2n) is 3.90. The van der Waals surface area contributed by atoms with Gasteiger partial charge < -0.3 is 15.4 Å². The highest BCUT2D eigenvalue weighted by atomic mass is 19.1. The first-order valence-corrected chi connectivity index (χ1v) is 5.50. The Bertz CT molecular complexity index is 739. The molecule has 0 radical (unpaired) electrons. The third-order valence-corrected chi connectivity index (χ3v) is 2.49. The van der Waals surface area contributed by atoms with Crippen molar-refractivity contribution in [1.82, 2.24) is 4.98 Å². The number of pyridine rings is 1. The maximum Gasteiger partial charge on any atom is 0.338 e. The number of amides is 1. The molecule has 6 nitrogen and oxygen atoms in total. The molecule has 2 rings (SSSR count). The Morgan fingerprint density at radius 2 is 1.95 bits per heavy atom. The van der Waals surface area contributed by atoms with E-state index in [9.17, 15) is 18.8 Å². The summed E-state index contributed by atoms with van der Waals surface area (Å²) in [6, 6.07) is 5.69. The van der Waals surface area contributed by atoms with Gasteiger partial charge in [-0.15, -0.1) is 0 Å². The first-order chi connectivity index (χ1) is 9.47. The molecule has 0 aliphatic heterocycles. The molecule has 0 fully saturated rings. The summed E-state index contributed by atoms with van der Waals surface area (Å²) < 4.78 is 13.4. The molecule has 0 aliphatic rings. The summed E-state index contributed by atoms with van der Waals surface area (Å²) in [5.74, 6) is -2.95. The van der Waals surface area contributed by atoms with E-state index in [4.69, 9.17) is 5.11 Å². The van der Waals surface area contributed by atoms with Gasteiger partial charge >= 0.3 is 5.97 Å². The molecule has 0 bridgehead atoms. The van der Waals surface area contributed by atoms with Gasteiger partial charge in [0.1, 0.15) is 5.82 Å². The van der Waals surface area contributed by atoms with Crippen molar-refractivity contribution in [2.75, 3.05) is 5.32 Å². The second kappa shape index (κ2) is 5.35. The normalized spacial score (nSPS) is 10.1. The largest absolute Gasteiger partial charge is 0.478 e. The summed E-state index contributed by atoms with van der Waals surface area (Å²) in [4.78, 5) is 35.9. The van der Waals surface area contributed by atoms with Crippen LogP contribution >= 0.6 is 0 Å². The van der Waals surface area contributed by atoms with Crippen molar-refractivity contribution in [2.45, 2.75) is 0 Å². The van der Waals surface area contributed by atoms with Gasteiger partial charge in [0.25, 0.3) is 5.91 Å². The summed E-state index contributed by atoms with van der Waals surface area (Å²) in [5, 5.41) is 11.0. The molecule has 0 saturated heterocycles. The number of aromatic amines is 1. The highest BCUT2D eigenvalue weighted by Gasteiger charge is 2.12. The number of halogens is 1. The molecule has 0 spiro atoms. The first-order valence-electron chi connectivity index (χ1n) is 5.50. The molecule has 102 valence electrons. The van der Waals surface area contributed by atoms with Crippen molar-refractivity contribution in [3.05, 3.63) is 63.8 Å². The quantitative estimate of drug-likeness (QED) is 0.790. The maximum atomic E-state index is 13.4. The number of carboxylic acids is 1. The van der Waals surface area contributed by atoms with Gasteiger partial charge in [0.15, 0.2) is 0 Å². The number of nitrogens with one attached hydrogen (secondary N) is 2. The number of carbonyl (C=O) groups is 2. The van der Waals surface area contributed by atoms with Gasteiger partial charge in [-0.1, -0.05) is 0 Å². The van der Waals surface area contributed by atoms with Gasteiger partial charge in [0.2, 0.25) is 5.56 Å². The van der Waals surface area contributed by atoms with E-state index in [0.29, 0.717) is 0 Å². The van der Waals surface area contributed by atoms with E-state index >= 15 is 0 Å². The lowest BCUT2D eigenvalue weighted by Gasteiger charge is -2.06. The summed E-state index contributed by atoms with van der Waals surface area (Å²) in [7, 11) is 0. The molecule has 1 amide bonds. The third-order valence-electron chi connectivity index (χ3n) is 2.49. The summed E-state index contributed by atoms with van der Waals surface area (Å²) >= 11 is 0. The van der Waals surface area contributed by atoms with E-state index in [-0.39, 0.29) is 11.3 Å². The molecule has 0 atom stereocenters. The van der Waals surface area contributed by atoms with Gasteiger partial charge in [-0.25, -0.2) is 9.18 Å².